The molecule has 0 aliphatic rings. The van der Waals surface area contributed by atoms with E-state index in [2.05, 4.69) is 19.8 Å². The molecule has 0 aliphatic heterocycles. The second-order valence-corrected chi connectivity index (χ2v) is 7.41. The summed E-state index contributed by atoms with van der Waals surface area (Å²) in [6.07, 6.45) is 1.98. The van der Waals surface area contributed by atoms with Gasteiger partial charge in [0.05, 0.1) is 41.0 Å². The van der Waals surface area contributed by atoms with Gasteiger partial charge in [-0.3, -0.25) is 4.72 Å². The predicted octanol–water partition coefficient (Wildman–Crippen LogP) is 3.42. The van der Waals surface area contributed by atoms with Crippen molar-refractivity contribution in [2.24, 2.45) is 0 Å². The molecule has 1 aromatic carbocycles. The first-order valence-corrected chi connectivity index (χ1v) is 9.49. The number of halogens is 1. The molecular formula is C16H18ClN3O4S. The standard InChI is InChI=1S/C16H18ClN3O4S/c1-3-8-25(22,23)20-15-7-5-12(10-18-15)19-14-9-11(16(21)24-2)4-6-13(14)17/h4-7,9-10,19H,3,8H2,1-2H3,(H,18,20). The van der Waals surface area contributed by atoms with E-state index in [1.807, 2.05) is 0 Å². The summed E-state index contributed by atoms with van der Waals surface area (Å²) in [6, 6.07) is 7.89. The fourth-order valence-corrected chi connectivity index (χ4v) is 3.27. The zero-order valence-corrected chi connectivity index (χ0v) is 15.3. The molecule has 0 spiro atoms. The molecule has 2 N–H and O–H groups in total. The van der Waals surface area contributed by atoms with E-state index in [1.165, 1.54) is 19.4 Å². The average Bonchev–Trinajstić information content (AvgIpc) is 2.57. The van der Waals surface area contributed by atoms with Gasteiger partial charge >= 0.3 is 5.97 Å². The van der Waals surface area contributed by atoms with Crippen LogP contribution in [0.4, 0.5) is 17.2 Å². The topological polar surface area (TPSA) is 97.4 Å². The molecule has 0 unspecified atom stereocenters. The lowest BCUT2D eigenvalue weighted by Crippen LogP contribution is -2.16. The van der Waals surface area contributed by atoms with E-state index in [4.69, 9.17) is 11.6 Å². The summed E-state index contributed by atoms with van der Waals surface area (Å²) in [4.78, 5) is 15.6. The monoisotopic (exact) mass is 383 g/mol. The van der Waals surface area contributed by atoms with Crippen molar-refractivity contribution in [2.75, 3.05) is 22.9 Å². The van der Waals surface area contributed by atoms with Gasteiger partial charge in [0.2, 0.25) is 10.0 Å². The number of aromatic nitrogens is 1. The number of methoxy groups -OCH3 is 1. The number of pyridine rings is 1. The van der Waals surface area contributed by atoms with E-state index in [9.17, 15) is 13.2 Å². The molecule has 0 atom stereocenters. The van der Waals surface area contributed by atoms with Crippen LogP contribution < -0.4 is 10.0 Å². The number of nitrogens with zero attached hydrogens (tertiary/aromatic N) is 1. The zero-order valence-electron chi connectivity index (χ0n) is 13.7. The van der Waals surface area contributed by atoms with Crippen molar-refractivity contribution in [2.45, 2.75) is 13.3 Å². The molecule has 1 aromatic heterocycles. The van der Waals surface area contributed by atoms with Crippen molar-refractivity contribution in [3.63, 3.8) is 0 Å². The first-order valence-electron chi connectivity index (χ1n) is 7.46. The third-order valence-electron chi connectivity index (χ3n) is 3.16. The van der Waals surface area contributed by atoms with E-state index in [-0.39, 0.29) is 11.6 Å². The molecule has 2 aromatic rings. The largest absolute Gasteiger partial charge is 0.465 e. The van der Waals surface area contributed by atoms with Crippen LogP contribution in [0.15, 0.2) is 36.5 Å². The SMILES string of the molecule is CCCS(=O)(=O)Nc1ccc(Nc2cc(C(=O)OC)ccc2Cl)cn1. The van der Waals surface area contributed by atoms with Gasteiger partial charge in [-0.25, -0.2) is 18.2 Å². The molecule has 0 radical (unpaired) electrons. The number of carbonyl (C=O) groups excluding carboxylic acids is 1. The summed E-state index contributed by atoms with van der Waals surface area (Å²) in [7, 11) is -2.09. The minimum absolute atomic E-state index is 0.0324. The van der Waals surface area contributed by atoms with Crippen molar-refractivity contribution >= 4 is 44.8 Å². The summed E-state index contributed by atoms with van der Waals surface area (Å²) >= 11 is 6.12. The number of rotatable bonds is 7. The van der Waals surface area contributed by atoms with Gasteiger partial charge in [0.1, 0.15) is 5.82 Å². The maximum atomic E-state index is 11.7. The van der Waals surface area contributed by atoms with Crippen LogP contribution in [0.2, 0.25) is 5.02 Å². The lowest BCUT2D eigenvalue weighted by atomic mass is 10.2. The highest BCUT2D eigenvalue weighted by Crippen LogP contribution is 2.27. The molecule has 1 heterocycles. The van der Waals surface area contributed by atoms with Gasteiger partial charge in [-0.1, -0.05) is 18.5 Å². The smallest absolute Gasteiger partial charge is 0.337 e. The molecule has 0 amide bonds. The zero-order chi connectivity index (χ0) is 18.4. The number of hydrogen-bond acceptors (Lipinski definition) is 6. The molecular weight excluding hydrogens is 366 g/mol. The van der Waals surface area contributed by atoms with Crippen molar-refractivity contribution < 1.29 is 17.9 Å². The first-order chi connectivity index (χ1) is 11.8. The van der Waals surface area contributed by atoms with Gasteiger partial charge < -0.3 is 10.1 Å². The Balaban J connectivity index is 2.15. The highest BCUT2D eigenvalue weighted by atomic mass is 35.5. The number of esters is 1. The molecule has 25 heavy (non-hydrogen) atoms. The van der Waals surface area contributed by atoms with E-state index in [1.54, 1.807) is 31.2 Å². The number of ether oxygens (including phenoxy) is 1. The maximum Gasteiger partial charge on any atom is 0.337 e. The highest BCUT2D eigenvalue weighted by Gasteiger charge is 2.11. The van der Waals surface area contributed by atoms with Crippen LogP contribution >= 0.6 is 11.6 Å². The summed E-state index contributed by atoms with van der Waals surface area (Å²) in [6.45, 7) is 1.78. The number of anilines is 3. The van der Waals surface area contributed by atoms with Gasteiger partial charge in [-0.2, -0.15) is 0 Å². The Labute approximate surface area is 151 Å². The number of sulfonamides is 1. The van der Waals surface area contributed by atoms with Crippen LogP contribution in [0.25, 0.3) is 0 Å². The third kappa shape index (κ3) is 5.33. The molecule has 0 fully saturated rings. The molecule has 0 bridgehead atoms. The molecule has 7 nitrogen and oxygen atoms in total. The second-order valence-electron chi connectivity index (χ2n) is 5.16. The summed E-state index contributed by atoms with van der Waals surface area (Å²) in [5.41, 5.74) is 1.44. The van der Waals surface area contributed by atoms with Gasteiger partial charge in [-0.05, 0) is 36.8 Å². The normalized spacial score (nSPS) is 11.0. The number of nitrogens with one attached hydrogen (secondary N) is 2. The Hall–Kier alpha value is -2.32. The van der Waals surface area contributed by atoms with Gasteiger partial charge in [-0.15, -0.1) is 0 Å². The van der Waals surface area contributed by atoms with Gasteiger partial charge in [0.15, 0.2) is 0 Å². The molecule has 0 saturated carbocycles. The lowest BCUT2D eigenvalue weighted by Gasteiger charge is -2.11. The fourth-order valence-electron chi connectivity index (χ4n) is 2.03. The van der Waals surface area contributed by atoms with E-state index < -0.39 is 16.0 Å². The predicted molar refractivity (Wildman–Crippen MR) is 98.0 cm³/mol. The summed E-state index contributed by atoms with van der Waals surface area (Å²) in [5, 5.41) is 3.44. The first kappa shape index (κ1) is 19.0. The Bertz CT molecular complexity index is 854. The molecule has 2 rings (SSSR count). The van der Waals surface area contributed by atoms with Crippen molar-refractivity contribution in [1.29, 1.82) is 0 Å². The van der Waals surface area contributed by atoms with Crippen LogP contribution in [-0.2, 0) is 14.8 Å². The summed E-state index contributed by atoms with van der Waals surface area (Å²) < 4.78 is 30.5. The molecule has 0 aliphatic carbocycles. The van der Waals surface area contributed by atoms with Gasteiger partial charge in [0, 0.05) is 0 Å². The van der Waals surface area contributed by atoms with E-state index in [0.717, 1.165) is 0 Å². The quantitative estimate of drug-likeness (QED) is 0.711. The fraction of sp³-hybridized carbons (Fsp3) is 0.250. The van der Waals surface area contributed by atoms with Crippen molar-refractivity contribution in [1.82, 2.24) is 4.98 Å². The Morgan fingerprint density at radius 1 is 1.28 bits per heavy atom. The minimum Gasteiger partial charge on any atom is -0.465 e. The van der Waals surface area contributed by atoms with E-state index in [0.29, 0.717) is 28.4 Å². The second kappa shape index (κ2) is 8.17. The summed E-state index contributed by atoms with van der Waals surface area (Å²) in [5.74, 6) is -0.211. The Kier molecular flexibility index (Phi) is 6.22. The van der Waals surface area contributed by atoms with Crippen LogP contribution in [0.1, 0.15) is 23.7 Å². The van der Waals surface area contributed by atoms with Crippen LogP contribution in [-0.4, -0.2) is 32.2 Å². The lowest BCUT2D eigenvalue weighted by molar-refractivity contribution is 0.0601. The average molecular weight is 384 g/mol. The van der Waals surface area contributed by atoms with Crippen LogP contribution in [0.5, 0.6) is 0 Å². The minimum atomic E-state index is -3.39. The Morgan fingerprint density at radius 3 is 2.64 bits per heavy atom. The van der Waals surface area contributed by atoms with Crippen LogP contribution in [0, 0.1) is 0 Å². The molecule has 134 valence electrons. The molecule has 9 heteroatoms. The Morgan fingerprint density at radius 2 is 2.04 bits per heavy atom. The highest BCUT2D eigenvalue weighted by molar-refractivity contribution is 7.92. The molecule has 0 saturated heterocycles. The number of carbonyl (C=O) groups is 1. The van der Waals surface area contributed by atoms with E-state index >= 15 is 0 Å². The van der Waals surface area contributed by atoms with Crippen LogP contribution in [0.3, 0.4) is 0 Å². The van der Waals surface area contributed by atoms with Gasteiger partial charge in [0.25, 0.3) is 0 Å². The van der Waals surface area contributed by atoms with Crippen molar-refractivity contribution in [3.05, 3.63) is 47.1 Å². The number of benzene rings is 1. The number of hydrogen-bond donors (Lipinski definition) is 2. The maximum absolute atomic E-state index is 11.7. The van der Waals surface area contributed by atoms with Crippen molar-refractivity contribution in [3.8, 4) is 0 Å². The third-order valence-corrected chi connectivity index (χ3v) is 4.96.